The molecule has 0 aliphatic carbocycles. The molecule has 1 fully saturated rings. The second-order valence-electron chi connectivity index (χ2n) is 5.97. The van der Waals surface area contributed by atoms with E-state index >= 15 is 0 Å². The zero-order valence-corrected chi connectivity index (χ0v) is 16.6. The third kappa shape index (κ3) is 3.65. The maximum Gasteiger partial charge on any atom is 0.264 e. The van der Waals surface area contributed by atoms with Gasteiger partial charge in [0.2, 0.25) is 0 Å². The number of thioether (sulfide) groups is 1. The summed E-state index contributed by atoms with van der Waals surface area (Å²) in [6.07, 6.45) is 3.69. The van der Waals surface area contributed by atoms with Gasteiger partial charge < -0.3 is 9.88 Å². The van der Waals surface area contributed by atoms with Gasteiger partial charge in [-0.2, -0.15) is 5.26 Å². The van der Waals surface area contributed by atoms with E-state index in [1.165, 1.54) is 11.8 Å². The van der Waals surface area contributed by atoms with Crippen LogP contribution in [-0.4, -0.2) is 15.6 Å². The molecule has 2 aromatic carbocycles. The zero-order valence-electron chi connectivity index (χ0n) is 14.3. The summed E-state index contributed by atoms with van der Waals surface area (Å²) in [7, 11) is 0. The Morgan fingerprint density at radius 1 is 1.21 bits per heavy atom. The lowest BCUT2D eigenvalue weighted by Crippen LogP contribution is -2.19. The van der Waals surface area contributed by atoms with Crippen molar-refractivity contribution in [3.63, 3.8) is 0 Å². The number of rotatable bonds is 3. The Hall–Kier alpha value is -2.72. The number of halogens is 2. The topological polar surface area (TPSA) is 70.2 Å². The van der Waals surface area contributed by atoms with Crippen LogP contribution in [0.2, 0.25) is 10.0 Å². The van der Waals surface area contributed by atoms with Gasteiger partial charge in [-0.25, -0.2) is 4.99 Å². The Bertz CT molecular complexity index is 1210. The summed E-state index contributed by atoms with van der Waals surface area (Å²) in [6, 6.07) is 15.0. The lowest BCUT2D eigenvalue weighted by atomic mass is 10.1. The average molecular weight is 427 g/mol. The molecule has 1 aromatic heterocycles. The number of nitrogens with one attached hydrogen (secondary N) is 1. The van der Waals surface area contributed by atoms with E-state index in [2.05, 4.69) is 16.4 Å². The van der Waals surface area contributed by atoms with Gasteiger partial charge in [0, 0.05) is 22.7 Å². The first-order chi connectivity index (χ1) is 13.5. The molecule has 1 saturated heterocycles. The standard InChI is InChI=1S/C20H12Cl2N4OS/c21-15-6-5-13(10-16(15)22)24-20-25-19(27)18(28-20)9-12-11-26(8-7-23)17-4-2-1-3-14(12)17/h1-6,9-11H,8H2,(H,24,25,27)/b18-9-. The number of aromatic nitrogens is 1. The van der Waals surface area contributed by atoms with E-state index in [-0.39, 0.29) is 12.5 Å². The van der Waals surface area contributed by atoms with Crippen molar-refractivity contribution >= 4 is 68.7 Å². The number of amides is 1. The first-order valence-electron chi connectivity index (χ1n) is 8.24. The molecular formula is C20H12Cl2N4OS. The van der Waals surface area contributed by atoms with Crippen molar-refractivity contribution in [2.24, 2.45) is 4.99 Å². The summed E-state index contributed by atoms with van der Waals surface area (Å²) < 4.78 is 1.87. The van der Waals surface area contributed by atoms with Gasteiger partial charge >= 0.3 is 0 Å². The van der Waals surface area contributed by atoms with Gasteiger partial charge in [-0.3, -0.25) is 4.79 Å². The van der Waals surface area contributed by atoms with Crippen LogP contribution < -0.4 is 5.32 Å². The van der Waals surface area contributed by atoms with E-state index in [1.54, 1.807) is 18.2 Å². The molecule has 0 spiro atoms. The Kier molecular flexibility index (Phi) is 5.14. The van der Waals surface area contributed by atoms with Crippen LogP contribution in [0.25, 0.3) is 17.0 Å². The fourth-order valence-electron chi connectivity index (χ4n) is 2.89. The number of aliphatic imine (C=N–C) groups is 1. The second kappa shape index (κ2) is 7.72. The van der Waals surface area contributed by atoms with Crippen LogP contribution in [0.15, 0.2) is 58.6 Å². The van der Waals surface area contributed by atoms with E-state index in [0.717, 1.165) is 16.5 Å². The number of carbonyl (C=O) groups is 1. The number of benzene rings is 2. The van der Waals surface area contributed by atoms with E-state index in [1.807, 2.05) is 41.1 Å². The Morgan fingerprint density at radius 3 is 2.82 bits per heavy atom. The summed E-state index contributed by atoms with van der Waals surface area (Å²) in [5.74, 6) is -0.221. The van der Waals surface area contributed by atoms with Gasteiger partial charge in [-0.05, 0) is 42.1 Å². The average Bonchev–Trinajstić information content (AvgIpc) is 3.20. The molecule has 0 bridgehead atoms. The van der Waals surface area contributed by atoms with Crippen LogP contribution >= 0.6 is 35.0 Å². The number of fused-ring (bicyclic) bond motifs is 1. The predicted octanol–water partition coefficient (Wildman–Crippen LogP) is 5.36. The van der Waals surface area contributed by atoms with Gasteiger partial charge in [-0.1, -0.05) is 41.4 Å². The Labute approximate surface area is 175 Å². The van der Waals surface area contributed by atoms with Crippen molar-refractivity contribution in [1.82, 2.24) is 9.88 Å². The lowest BCUT2D eigenvalue weighted by molar-refractivity contribution is -0.115. The summed E-state index contributed by atoms with van der Waals surface area (Å²) in [6.45, 7) is 0.243. The van der Waals surface area contributed by atoms with Crippen LogP contribution in [0.4, 0.5) is 5.69 Å². The smallest absolute Gasteiger partial charge is 0.264 e. The number of nitrogens with zero attached hydrogens (tertiary/aromatic N) is 3. The monoisotopic (exact) mass is 426 g/mol. The normalized spacial score (nSPS) is 16.7. The fourth-order valence-corrected chi connectivity index (χ4v) is 4.02. The summed E-state index contributed by atoms with van der Waals surface area (Å²) >= 11 is 13.2. The molecule has 5 nitrogen and oxygen atoms in total. The van der Waals surface area contributed by atoms with Gasteiger partial charge in [0.1, 0.15) is 6.54 Å². The highest BCUT2D eigenvalue weighted by atomic mass is 35.5. The molecule has 1 amide bonds. The van der Waals surface area contributed by atoms with Gasteiger partial charge in [-0.15, -0.1) is 0 Å². The number of amidine groups is 1. The highest BCUT2D eigenvalue weighted by Gasteiger charge is 2.24. The molecule has 0 atom stereocenters. The zero-order chi connectivity index (χ0) is 19.7. The highest BCUT2D eigenvalue weighted by Crippen LogP contribution is 2.32. The van der Waals surface area contributed by atoms with Crippen molar-refractivity contribution in [1.29, 1.82) is 5.26 Å². The van der Waals surface area contributed by atoms with E-state index in [9.17, 15) is 4.79 Å². The second-order valence-corrected chi connectivity index (χ2v) is 7.81. The first kappa shape index (κ1) is 18.6. The quantitative estimate of drug-likeness (QED) is 0.572. The molecule has 1 N–H and O–H groups in total. The van der Waals surface area contributed by atoms with Crippen molar-refractivity contribution in [2.45, 2.75) is 6.54 Å². The third-order valence-corrected chi connectivity index (χ3v) is 5.78. The van der Waals surface area contributed by atoms with Crippen LogP contribution in [0.5, 0.6) is 0 Å². The van der Waals surface area contributed by atoms with E-state index in [4.69, 9.17) is 28.5 Å². The van der Waals surface area contributed by atoms with Crippen molar-refractivity contribution < 1.29 is 4.79 Å². The summed E-state index contributed by atoms with van der Waals surface area (Å²) in [4.78, 5) is 17.3. The molecule has 0 unspecified atom stereocenters. The maximum atomic E-state index is 12.4. The van der Waals surface area contributed by atoms with Crippen molar-refractivity contribution in [2.75, 3.05) is 0 Å². The summed E-state index contributed by atoms with van der Waals surface area (Å²) in [5, 5.41) is 14.1. The van der Waals surface area contributed by atoms with Crippen molar-refractivity contribution in [3.8, 4) is 6.07 Å². The molecule has 2 heterocycles. The van der Waals surface area contributed by atoms with Crippen LogP contribution in [0, 0.1) is 11.3 Å². The van der Waals surface area contributed by atoms with Gasteiger partial charge in [0.15, 0.2) is 5.17 Å². The number of hydrogen-bond donors (Lipinski definition) is 1. The predicted molar refractivity (Wildman–Crippen MR) is 115 cm³/mol. The summed E-state index contributed by atoms with van der Waals surface area (Å²) in [5.41, 5.74) is 2.42. The van der Waals surface area contributed by atoms with Crippen LogP contribution in [0.1, 0.15) is 5.56 Å². The molecular weight excluding hydrogens is 415 g/mol. The number of para-hydroxylation sites is 1. The number of carbonyl (C=O) groups excluding carboxylic acids is 1. The molecule has 138 valence electrons. The third-order valence-electron chi connectivity index (χ3n) is 4.13. The Balaban J connectivity index is 1.67. The van der Waals surface area contributed by atoms with Crippen LogP contribution in [-0.2, 0) is 11.3 Å². The molecule has 1 aliphatic heterocycles. The number of nitriles is 1. The molecule has 3 aromatic rings. The molecule has 1 aliphatic rings. The van der Waals surface area contributed by atoms with E-state index in [0.29, 0.717) is 25.8 Å². The van der Waals surface area contributed by atoms with Gasteiger partial charge in [0.25, 0.3) is 5.91 Å². The lowest BCUT2D eigenvalue weighted by Gasteiger charge is -1.98. The van der Waals surface area contributed by atoms with Crippen LogP contribution in [0.3, 0.4) is 0 Å². The maximum absolute atomic E-state index is 12.4. The minimum Gasteiger partial charge on any atom is -0.333 e. The molecule has 8 heteroatoms. The van der Waals surface area contributed by atoms with Gasteiger partial charge in [0.05, 0.1) is 26.7 Å². The largest absolute Gasteiger partial charge is 0.333 e. The Morgan fingerprint density at radius 2 is 2.04 bits per heavy atom. The van der Waals surface area contributed by atoms with E-state index < -0.39 is 0 Å². The number of hydrogen-bond acceptors (Lipinski definition) is 4. The fraction of sp³-hybridized carbons (Fsp3) is 0.0500. The molecule has 0 radical (unpaired) electrons. The SMILES string of the molecule is N#CCn1cc(/C=C2\SC(=Nc3ccc(Cl)c(Cl)c3)NC2=O)c2ccccc21. The molecule has 4 rings (SSSR count). The minimum absolute atomic E-state index is 0.221. The molecule has 28 heavy (non-hydrogen) atoms. The first-order valence-corrected chi connectivity index (χ1v) is 9.82. The minimum atomic E-state index is -0.221. The highest BCUT2D eigenvalue weighted by molar-refractivity contribution is 8.18. The molecule has 0 saturated carbocycles. The van der Waals surface area contributed by atoms with Crippen molar-refractivity contribution in [3.05, 3.63) is 69.2 Å².